The van der Waals surface area contributed by atoms with Crippen LogP contribution in [0.1, 0.15) is 107 Å². The zero-order valence-corrected chi connectivity index (χ0v) is 20.7. The van der Waals surface area contributed by atoms with Crippen LogP contribution in [0.2, 0.25) is 0 Å². The molecule has 0 heterocycles. The van der Waals surface area contributed by atoms with Gasteiger partial charge in [0.1, 0.15) is 0 Å². The van der Waals surface area contributed by atoms with Crippen LogP contribution < -0.4 is 18.9 Å². The Kier molecular flexibility index (Phi) is 7.38. The van der Waals surface area contributed by atoms with Crippen molar-refractivity contribution in [2.24, 2.45) is 40.4 Å². The van der Waals surface area contributed by atoms with E-state index in [-0.39, 0.29) is 26.4 Å². The molecule has 0 aromatic rings. The van der Waals surface area contributed by atoms with Crippen LogP contribution in [0.25, 0.3) is 0 Å². The SMILES string of the molecule is C[C@H](CCCC(C)(C)O)[C@H]1CC[C@H]2[C@@H]3CC=C4C[C@@H](O)CC[C@]4(C)[C@H]3CC[C@]12C.[H-].[Li+]. The first-order chi connectivity index (χ1) is 13.5. The molecule has 2 nitrogen and oxygen atoms in total. The van der Waals surface area contributed by atoms with Crippen molar-refractivity contribution in [2.75, 3.05) is 0 Å². The average Bonchev–Trinajstić information content (AvgIpc) is 2.98. The molecule has 2 N–H and O–H groups in total. The topological polar surface area (TPSA) is 40.5 Å². The van der Waals surface area contributed by atoms with E-state index in [0.717, 1.165) is 55.3 Å². The average molecular weight is 411 g/mol. The van der Waals surface area contributed by atoms with Crippen molar-refractivity contribution in [2.45, 2.75) is 117 Å². The number of fused-ring (bicyclic) bond motifs is 5. The molecule has 0 aliphatic heterocycles. The Hall–Kier alpha value is 0.257. The van der Waals surface area contributed by atoms with Crippen LogP contribution in [-0.2, 0) is 0 Å². The van der Waals surface area contributed by atoms with Crippen molar-refractivity contribution in [3.05, 3.63) is 11.6 Å². The van der Waals surface area contributed by atoms with Gasteiger partial charge in [-0.05, 0) is 112 Å². The van der Waals surface area contributed by atoms with Gasteiger partial charge in [0.15, 0.2) is 0 Å². The summed E-state index contributed by atoms with van der Waals surface area (Å²) in [6.45, 7) is 11.6. The second-order valence-electron chi connectivity index (χ2n) is 12.6. The maximum absolute atomic E-state index is 10.2. The van der Waals surface area contributed by atoms with Gasteiger partial charge in [0, 0.05) is 0 Å². The predicted octanol–water partition coefficient (Wildman–Crippen LogP) is 3.62. The Bertz CT molecular complexity index is 644. The molecule has 0 bridgehead atoms. The van der Waals surface area contributed by atoms with E-state index in [0.29, 0.717) is 10.8 Å². The summed E-state index contributed by atoms with van der Waals surface area (Å²) in [5.41, 5.74) is 1.95. The second kappa shape index (κ2) is 8.89. The Labute approximate surface area is 199 Å². The van der Waals surface area contributed by atoms with E-state index in [2.05, 4.69) is 26.8 Å². The van der Waals surface area contributed by atoms with Crippen molar-refractivity contribution in [1.29, 1.82) is 0 Å². The quantitative estimate of drug-likeness (QED) is 0.537. The van der Waals surface area contributed by atoms with E-state index in [9.17, 15) is 10.2 Å². The summed E-state index contributed by atoms with van der Waals surface area (Å²) in [6.07, 6.45) is 15.9. The maximum Gasteiger partial charge on any atom is 1.00 e. The third kappa shape index (κ3) is 4.38. The first-order valence-corrected chi connectivity index (χ1v) is 12.6. The van der Waals surface area contributed by atoms with Crippen molar-refractivity contribution < 1.29 is 30.5 Å². The number of aliphatic hydroxyl groups is 2. The minimum atomic E-state index is -0.519. The molecule has 3 heteroatoms. The summed E-state index contributed by atoms with van der Waals surface area (Å²) in [5, 5.41) is 20.3. The molecule has 0 radical (unpaired) electrons. The smallest absolute Gasteiger partial charge is 1.00 e. The number of allylic oxidation sites excluding steroid dienone is 1. The third-order valence-corrected chi connectivity index (χ3v) is 10.3. The van der Waals surface area contributed by atoms with E-state index >= 15 is 0 Å². The van der Waals surface area contributed by atoms with Gasteiger partial charge in [0.25, 0.3) is 0 Å². The van der Waals surface area contributed by atoms with Crippen molar-refractivity contribution in [3.63, 3.8) is 0 Å². The normalized spacial score (nSPS) is 44.2. The summed E-state index contributed by atoms with van der Waals surface area (Å²) >= 11 is 0. The van der Waals surface area contributed by atoms with Gasteiger partial charge in [-0.25, -0.2) is 0 Å². The molecule has 0 aromatic carbocycles. The molecule has 4 aliphatic carbocycles. The van der Waals surface area contributed by atoms with Crippen LogP contribution in [0, 0.1) is 40.4 Å². The van der Waals surface area contributed by atoms with Gasteiger partial charge >= 0.3 is 18.9 Å². The first kappa shape index (κ1) is 24.9. The summed E-state index contributed by atoms with van der Waals surface area (Å²) in [7, 11) is 0. The minimum absolute atomic E-state index is 0. The molecule has 30 heavy (non-hydrogen) atoms. The molecule has 4 aliphatic rings. The zero-order valence-electron chi connectivity index (χ0n) is 21.7. The molecule has 0 amide bonds. The van der Waals surface area contributed by atoms with Gasteiger partial charge in [-0.3, -0.25) is 0 Å². The van der Waals surface area contributed by atoms with Crippen molar-refractivity contribution in [3.8, 4) is 0 Å². The Balaban J connectivity index is 0.00000171. The van der Waals surface area contributed by atoms with E-state index in [1.807, 2.05) is 13.8 Å². The standard InChI is InChI=1S/C27H46O2.Li.H/c1-18(7-6-14-25(2,3)29)22-10-11-23-21-9-8-19-17-20(28)12-15-26(19,4)24(21)13-16-27(22,23)5;;/h8,18,20-24,28-29H,6-7,9-17H2,1-5H3;;/q;+1;-1/t18-,20+,21+,22-,23+,24+,26+,27-;;/m1../s1. The molecule has 0 unspecified atom stereocenters. The Morgan fingerprint density at radius 1 is 1.13 bits per heavy atom. The van der Waals surface area contributed by atoms with Crippen LogP contribution in [-0.4, -0.2) is 21.9 Å². The number of hydrogen-bond acceptors (Lipinski definition) is 2. The van der Waals surface area contributed by atoms with Crippen molar-refractivity contribution in [1.82, 2.24) is 0 Å². The molecule has 3 saturated carbocycles. The summed E-state index contributed by atoms with van der Waals surface area (Å²) in [6, 6.07) is 0. The van der Waals surface area contributed by atoms with Crippen LogP contribution in [0.4, 0.5) is 0 Å². The van der Waals surface area contributed by atoms with Gasteiger partial charge in [-0.1, -0.05) is 45.3 Å². The fraction of sp³-hybridized carbons (Fsp3) is 0.926. The van der Waals surface area contributed by atoms with Gasteiger partial charge in [-0.15, -0.1) is 0 Å². The number of aliphatic hydroxyl groups excluding tert-OH is 1. The fourth-order valence-corrected chi connectivity index (χ4v) is 8.67. The second-order valence-corrected chi connectivity index (χ2v) is 12.6. The Morgan fingerprint density at radius 3 is 2.57 bits per heavy atom. The maximum atomic E-state index is 10.2. The molecule has 0 aromatic heterocycles. The molecule has 3 fully saturated rings. The summed E-state index contributed by atoms with van der Waals surface area (Å²) in [5.74, 6) is 4.24. The van der Waals surface area contributed by atoms with Crippen LogP contribution >= 0.6 is 0 Å². The van der Waals surface area contributed by atoms with E-state index in [1.165, 1.54) is 44.9 Å². The van der Waals surface area contributed by atoms with E-state index < -0.39 is 5.60 Å². The molecule has 8 atom stereocenters. The fourth-order valence-electron chi connectivity index (χ4n) is 8.67. The van der Waals surface area contributed by atoms with Crippen molar-refractivity contribution >= 4 is 0 Å². The van der Waals surface area contributed by atoms with Crippen LogP contribution in [0.15, 0.2) is 11.6 Å². The first-order valence-electron chi connectivity index (χ1n) is 12.6. The van der Waals surface area contributed by atoms with Gasteiger partial charge in [-0.2, -0.15) is 0 Å². The monoisotopic (exact) mass is 410 g/mol. The third-order valence-electron chi connectivity index (χ3n) is 10.3. The molecular weight excluding hydrogens is 363 g/mol. The number of rotatable bonds is 5. The molecule has 0 saturated heterocycles. The predicted molar refractivity (Wildman–Crippen MR) is 122 cm³/mol. The number of hydrogen-bond donors (Lipinski definition) is 2. The largest absolute Gasteiger partial charge is 1.00 e. The van der Waals surface area contributed by atoms with Gasteiger partial charge < -0.3 is 11.6 Å². The zero-order chi connectivity index (χ0) is 21.0. The van der Waals surface area contributed by atoms with Crippen LogP contribution in [0.3, 0.4) is 0 Å². The minimum Gasteiger partial charge on any atom is -1.00 e. The Morgan fingerprint density at radius 2 is 1.87 bits per heavy atom. The van der Waals surface area contributed by atoms with E-state index in [4.69, 9.17) is 0 Å². The summed E-state index contributed by atoms with van der Waals surface area (Å²) < 4.78 is 0. The molecule has 168 valence electrons. The van der Waals surface area contributed by atoms with Gasteiger partial charge in [0.2, 0.25) is 0 Å². The van der Waals surface area contributed by atoms with E-state index in [1.54, 1.807) is 5.57 Å². The molecule has 4 rings (SSSR count). The summed E-state index contributed by atoms with van der Waals surface area (Å²) in [4.78, 5) is 0. The molecule has 0 spiro atoms. The van der Waals surface area contributed by atoms with Crippen LogP contribution in [0.5, 0.6) is 0 Å². The van der Waals surface area contributed by atoms with Gasteiger partial charge in [0.05, 0.1) is 11.7 Å². The molecular formula is C27H47LiO2.